The Morgan fingerprint density at radius 3 is 1.50 bits per heavy atom. The number of hydrogen-bond donors (Lipinski definition) is 0. The monoisotopic (exact) mass is 635 g/mol. The van der Waals surface area contributed by atoms with Gasteiger partial charge in [0.1, 0.15) is 0 Å². The van der Waals surface area contributed by atoms with E-state index in [2.05, 4.69) is 130 Å². The normalized spacial score (nSPS) is 11.1. The summed E-state index contributed by atoms with van der Waals surface area (Å²) in [7, 11) is 0. The van der Waals surface area contributed by atoms with Gasteiger partial charge in [-0.15, -0.1) is 0 Å². The third kappa shape index (κ3) is 4.38. The summed E-state index contributed by atoms with van der Waals surface area (Å²) < 4.78 is 4.47. The van der Waals surface area contributed by atoms with E-state index in [1.165, 1.54) is 0 Å². The first-order valence-corrected chi connectivity index (χ1v) is 16.3. The SMILES string of the molecule is N#Cc1ccc(-c2ccccc2-c2cccc(-n3c4ccc(C#N)cc4c4cc(C#N)ccc43)c2)c(-n2c3ccccc3c3ccccc32)c1. The smallest absolute Gasteiger partial charge is 0.0992 e. The predicted molar refractivity (Wildman–Crippen MR) is 200 cm³/mol. The van der Waals surface area contributed by atoms with Gasteiger partial charge in [-0.3, -0.25) is 0 Å². The molecule has 0 spiro atoms. The van der Waals surface area contributed by atoms with Crippen molar-refractivity contribution in [2.24, 2.45) is 0 Å². The summed E-state index contributed by atoms with van der Waals surface area (Å²) in [6, 6.07) is 58.0. The van der Waals surface area contributed by atoms with Gasteiger partial charge in [-0.25, -0.2) is 0 Å². The van der Waals surface area contributed by atoms with Crippen molar-refractivity contribution in [3.8, 4) is 51.8 Å². The van der Waals surface area contributed by atoms with E-state index in [0.29, 0.717) is 16.7 Å². The maximum atomic E-state index is 10.0. The molecule has 0 aliphatic rings. The fourth-order valence-corrected chi connectivity index (χ4v) is 7.42. The van der Waals surface area contributed by atoms with E-state index >= 15 is 0 Å². The van der Waals surface area contributed by atoms with E-state index in [1.807, 2.05) is 48.5 Å². The maximum Gasteiger partial charge on any atom is 0.0992 e. The molecule has 0 atom stereocenters. The lowest BCUT2D eigenvalue weighted by Crippen LogP contribution is -1.99. The maximum absolute atomic E-state index is 10.0. The first-order valence-electron chi connectivity index (χ1n) is 16.3. The molecule has 0 radical (unpaired) electrons. The Morgan fingerprint density at radius 2 is 0.880 bits per heavy atom. The van der Waals surface area contributed by atoms with Gasteiger partial charge in [0, 0.05) is 32.8 Å². The zero-order valence-electron chi connectivity index (χ0n) is 26.7. The van der Waals surface area contributed by atoms with Gasteiger partial charge in [0.15, 0.2) is 0 Å². The zero-order valence-corrected chi connectivity index (χ0v) is 26.7. The number of fused-ring (bicyclic) bond motifs is 6. The van der Waals surface area contributed by atoms with Crippen LogP contribution in [-0.4, -0.2) is 9.13 Å². The number of rotatable bonds is 4. The van der Waals surface area contributed by atoms with Crippen LogP contribution in [0.4, 0.5) is 0 Å². The van der Waals surface area contributed by atoms with Crippen LogP contribution in [0.25, 0.3) is 77.2 Å². The van der Waals surface area contributed by atoms with Crippen LogP contribution in [0.5, 0.6) is 0 Å². The summed E-state index contributed by atoms with van der Waals surface area (Å²) in [6.45, 7) is 0. The van der Waals surface area contributed by atoms with Crippen molar-refractivity contribution in [1.29, 1.82) is 15.8 Å². The first kappa shape index (κ1) is 28.8. The van der Waals surface area contributed by atoms with Crippen LogP contribution in [0.2, 0.25) is 0 Å². The summed E-state index contributed by atoms with van der Waals surface area (Å²) in [5.41, 5.74) is 11.9. The molecule has 0 N–H and O–H groups in total. The van der Waals surface area contributed by atoms with E-state index in [0.717, 1.165) is 77.2 Å². The van der Waals surface area contributed by atoms with E-state index in [1.54, 1.807) is 0 Å². The Kier molecular flexibility index (Phi) is 6.56. The van der Waals surface area contributed by atoms with Crippen molar-refractivity contribution in [2.45, 2.75) is 0 Å². The van der Waals surface area contributed by atoms with Crippen molar-refractivity contribution in [3.63, 3.8) is 0 Å². The molecule has 50 heavy (non-hydrogen) atoms. The highest BCUT2D eigenvalue weighted by atomic mass is 15.0. The molecule has 0 saturated carbocycles. The average molecular weight is 636 g/mol. The molecule has 2 aromatic heterocycles. The van der Waals surface area contributed by atoms with Gasteiger partial charge >= 0.3 is 0 Å². The Labute approximate surface area is 287 Å². The Morgan fingerprint density at radius 1 is 0.360 bits per heavy atom. The van der Waals surface area contributed by atoms with E-state index in [4.69, 9.17) is 0 Å². The summed E-state index contributed by atoms with van der Waals surface area (Å²) in [4.78, 5) is 0. The van der Waals surface area contributed by atoms with Crippen LogP contribution >= 0.6 is 0 Å². The van der Waals surface area contributed by atoms with Crippen LogP contribution in [0, 0.1) is 34.0 Å². The van der Waals surface area contributed by atoms with Crippen LogP contribution < -0.4 is 0 Å². The number of para-hydroxylation sites is 2. The number of hydrogen-bond acceptors (Lipinski definition) is 3. The number of nitrogens with zero attached hydrogens (tertiary/aromatic N) is 5. The second kappa shape index (κ2) is 11.4. The quantitative estimate of drug-likeness (QED) is 0.193. The summed E-state index contributed by atoms with van der Waals surface area (Å²) >= 11 is 0. The number of benzene rings is 7. The fraction of sp³-hybridized carbons (Fsp3) is 0. The molecule has 5 nitrogen and oxygen atoms in total. The molecule has 0 unspecified atom stereocenters. The van der Waals surface area contributed by atoms with Gasteiger partial charge in [0.05, 0.1) is 62.7 Å². The molecule has 2 heterocycles. The summed E-state index contributed by atoms with van der Waals surface area (Å²) in [5, 5.41) is 33.5. The lowest BCUT2D eigenvalue weighted by Gasteiger charge is -2.18. The van der Waals surface area contributed by atoms with Crippen molar-refractivity contribution in [2.75, 3.05) is 0 Å². The first-order chi connectivity index (χ1) is 24.7. The van der Waals surface area contributed by atoms with Gasteiger partial charge in [0.2, 0.25) is 0 Å². The molecule has 0 bridgehead atoms. The molecule has 0 saturated heterocycles. The van der Waals surface area contributed by atoms with Crippen LogP contribution in [0.15, 0.2) is 152 Å². The number of nitriles is 3. The van der Waals surface area contributed by atoms with E-state index < -0.39 is 0 Å². The minimum atomic E-state index is 0.572. The number of aromatic nitrogens is 2. The van der Waals surface area contributed by atoms with Gasteiger partial charge in [-0.05, 0) is 89.5 Å². The largest absolute Gasteiger partial charge is 0.309 e. The third-order valence-corrected chi connectivity index (χ3v) is 9.60. The zero-order chi connectivity index (χ0) is 33.8. The molecular formula is C45H25N5. The van der Waals surface area contributed by atoms with Crippen LogP contribution in [0.1, 0.15) is 16.7 Å². The molecule has 5 heteroatoms. The summed E-state index contributed by atoms with van der Waals surface area (Å²) in [5.74, 6) is 0. The molecule has 230 valence electrons. The summed E-state index contributed by atoms with van der Waals surface area (Å²) in [6.07, 6.45) is 0. The molecule has 0 aliphatic carbocycles. The highest BCUT2D eigenvalue weighted by Gasteiger charge is 2.19. The third-order valence-electron chi connectivity index (χ3n) is 9.60. The van der Waals surface area contributed by atoms with Gasteiger partial charge in [-0.2, -0.15) is 15.8 Å². The average Bonchev–Trinajstić information content (AvgIpc) is 3.69. The fourth-order valence-electron chi connectivity index (χ4n) is 7.42. The van der Waals surface area contributed by atoms with Crippen molar-refractivity contribution in [1.82, 2.24) is 9.13 Å². The van der Waals surface area contributed by atoms with Crippen molar-refractivity contribution < 1.29 is 0 Å². The van der Waals surface area contributed by atoms with Crippen LogP contribution in [-0.2, 0) is 0 Å². The molecule has 0 aliphatic heterocycles. The predicted octanol–water partition coefficient (Wildman–Crippen LogP) is 10.8. The second-order valence-electron chi connectivity index (χ2n) is 12.3. The molecule has 7 aromatic carbocycles. The lowest BCUT2D eigenvalue weighted by molar-refractivity contribution is 1.18. The van der Waals surface area contributed by atoms with E-state index in [9.17, 15) is 15.8 Å². The molecule has 0 amide bonds. The van der Waals surface area contributed by atoms with Gasteiger partial charge in [0.25, 0.3) is 0 Å². The standard InChI is InChI=1S/C45H25N5/c46-26-29-17-20-43-39(22-29)40-23-30(27-47)18-21-44(40)49(43)33-9-7-8-32(25-33)34-10-1-2-11-35(34)38-19-16-31(28-48)24-45(38)50-41-14-5-3-12-36(41)37-13-4-6-15-42(37)50/h1-25H. The Bertz CT molecular complexity index is 2850. The molecule has 0 fully saturated rings. The highest BCUT2D eigenvalue weighted by molar-refractivity contribution is 6.11. The Hall–Kier alpha value is -7.39. The Balaban J connectivity index is 1.27. The second-order valence-corrected chi connectivity index (χ2v) is 12.3. The topological polar surface area (TPSA) is 81.2 Å². The highest BCUT2D eigenvalue weighted by Crippen LogP contribution is 2.41. The van der Waals surface area contributed by atoms with Crippen LogP contribution in [0.3, 0.4) is 0 Å². The van der Waals surface area contributed by atoms with E-state index in [-0.39, 0.29) is 0 Å². The molecular weight excluding hydrogens is 611 g/mol. The molecule has 9 aromatic rings. The minimum absolute atomic E-state index is 0.572. The minimum Gasteiger partial charge on any atom is -0.309 e. The van der Waals surface area contributed by atoms with Crippen molar-refractivity contribution >= 4 is 43.6 Å². The lowest BCUT2D eigenvalue weighted by atomic mass is 9.92. The van der Waals surface area contributed by atoms with Gasteiger partial charge < -0.3 is 9.13 Å². The molecule has 9 rings (SSSR count). The van der Waals surface area contributed by atoms with Crippen molar-refractivity contribution in [3.05, 3.63) is 168 Å². The van der Waals surface area contributed by atoms with Gasteiger partial charge in [-0.1, -0.05) is 78.9 Å².